The number of ether oxygens (including phenoxy) is 5. The molecule has 2 aromatic rings. The first-order valence-electron chi connectivity index (χ1n) is 17.5. The first-order chi connectivity index (χ1) is 25.5. The van der Waals surface area contributed by atoms with Gasteiger partial charge in [-0.25, -0.2) is 8.42 Å². The van der Waals surface area contributed by atoms with Crippen LogP contribution in [-0.2, 0) is 57.6 Å². The molecule has 6 rings (SSSR count). The van der Waals surface area contributed by atoms with Gasteiger partial charge in [0.2, 0.25) is 4.60 Å². The van der Waals surface area contributed by atoms with Gasteiger partial charge in [0.15, 0.2) is 11.2 Å². The lowest BCUT2D eigenvalue weighted by Crippen LogP contribution is -2.71. The Morgan fingerprint density at radius 1 is 1.04 bits per heavy atom. The molecule has 7 atom stereocenters. The van der Waals surface area contributed by atoms with Crippen LogP contribution in [0.2, 0.25) is 0 Å². The molecule has 1 saturated heterocycles. The monoisotopic (exact) mass is 773 g/mol. The number of sulfone groups is 1. The van der Waals surface area contributed by atoms with Gasteiger partial charge in [0.1, 0.15) is 38.3 Å². The molecule has 3 aliphatic carbocycles. The molecule has 17 nitrogen and oxygen atoms in total. The van der Waals surface area contributed by atoms with Gasteiger partial charge in [-0.2, -0.15) is 0 Å². The molecule has 2 heterocycles. The summed E-state index contributed by atoms with van der Waals surface area (Å²) in [6.45, 7) is 7.90. The van der Waals surface area contributed by atoms with Gasteiger partial charge in [0.25, 0.3) is 9.84 Å². The van der Waals surface area contributed by atoms with Gasteiger partial charge < -0.3 is 28.5 Å². The van der Waals surface area contributed by atoms with Crippen molar-refractivity contribution in [2.75, 3.05) is 19.8 Å². The van der Waals surface area contributed by atoms with Crippen LogP contribution in [0.15, 0.2) is 57.0 Å². The number of hydrogen-bond acceptors (Lipinski definition) is 15. The molecule has 1 aromatic carbocycles. The number of aromatic nitrogens is 2. The summed E-state index contributed by atoms with van der Waals surface area (Å²) in [6, 6.07) is 7.09. The maximum absolute atomic E-state index is 14.2. The normalized spacial score (nSPS) is 29.8. The lowest BCUT2D eigenvalue weighted by molar-refractivity contribution is -0.744. The summed E-state index contributed by atoms with van der Waals surface area (Å²) < 4.78 is 58.0. The number of benzene rings is 1. The smallest absolute Gasteiger partial charge is 0.404 e. The Bertz CT molecular complexity index is 2050. The second-order valence-electron chi connectivity index (χ2n) is 14.8. The standard InChI is InChI=1S/C36H41N2O15S/c1-20-23-10-11-24-35(25(18-39)34(3,4)15-14-26(35)51-21(2)40)19-50-33(44)36(24,29(20)43)30(23)52-28(42)13-12-27(41)48-16-17-49-31-32(38(45)53-37-31)54(46,47)22-8-6-5-7-9-22/h5-9,18,23-26,30,37H,1,10-17,19H2,2-4H3/q+1/t23-,24-,25+,26-,30+,35-,36-/m0/s1. The molecule has 0 unspecified atom stereocenters. The molecule has 290 valence electrons. The average molecular weight is 774 g/mol. The van der Waals surface area contributed by atoms with Gasteiger partial charge in [0.05, 0.1) is 23.2 Å². The van der Waals surface area contributed by atoms with Crippen LogP contribution in [-0.4, -0.2) is 81.5 Å². The zero-order valence-corrected chi connectivity index (χ0v) is 30.7. The van der Waals surface area contributed by atoms with E-state index in [9.17, 15) is 42.1 Å². The van der Waals surface area contributed by atoms with E-state index in [2.05, 4.69) is 16.4 Å². The minimum absolute atomic E-state index is 0.0857. The third-order valence-electron chi connectivity index (χ3n) is 11.5. The third-order valence-corrected chi connectivity index (χ3v) is 13.2. The van der Waals surface area contributed by atoms with Crippen LogP contribution in [0, 0.1) is 38.9 Å². The highest BCUT2D eigenvalue weighted by molar-refractivity contribution is 7.91. The Labute approximate surface area is 309 Å². The molecule has 1 aliphatic heterocycles. The number of ketones is 1. The number of rotatable bonds is 12. The highest BCUT2D eigenvalue weighted by Gasteiger charge is 2.79. The fourth-order valence-electron chi connectivity index (χ4n) is 9.16. The molecule has 4 fully saturated rings. The summed E-state index contributed by atoms with van der Waals surface area (Å²) in [5.41, 5.74) is -3.87. The van der Waals surface area contributed by atoms with Gasteiger partial charge in [0, 0.05) is 18.8 Å². The van der Waals surface area contributed by atoms with E-state index in [-0.39, 0.29) is 28.1 Å². The van der Waals surface area contributed by atoms with Crippen molar-refractivity contribution in [3.8, 4) is 5.88 Å². The topological polar surface area (TPSA) is 235 Å². The highest BCUT2D eigenvalue weighted by Crippen LogP contribution is 2.68. The number of carbonyl (C=O) groups is 6. The van der Waals surface area contributed by atoms with Crippen LogP contribution in [0.1, 0.15) is 59.3 Å². The third kappa shape index (κ3) is 6.13. The first-order valence-corrected chi connectivity index (χ1v) is 19.0. The summed E-state index contributed by atoms with van der Waals surface area (Å²) >= 11 is 0. The maximum atomic E-state index is 14.2. The van der Waals surface area contributed by atoms with E-state index in [1.54, 1.807) is 6.07 Å². The molecule has 18 heteroatoms. The summed E-state index contributed by atoms with van der Waals surface area (Å²) in [7, 11) is -4.34. The van der Waals surface area contributed by atoms with Crippen molar-refractivity contribution in [3.05, 3.63) is 47.4 Å². The van der Waals surface area contributed by atoms with Gasteiger partial charge in [-0.3, -0.25) is 24.0 Å². The Morgan fingerprint density at radius 2 is 1.74 bits per heavy atom. The second kappa shape index (κ2) is 14.3. The van der Waals surface area contributed by atoms with Crippen molar-refractivity contribution < 1.29 is 70.1 Å². The number of esters is 4. The average Bonchev–Trinajstić information content (AvgIpc) is 3.56. The Kier molecular flexibility index (Phi) is 10.2. The molecular weight excluding hydrogens is 732 g/mol. The molecule has 0 amide bonds. The van der Waals surface area contributed by atoms with Crippen molar-refractivity contribution in [1.29, 1.82) is 0 Å². The van der Waals surface area contributed by atoms with Crippen molar-refractivity contribution in [2.24, 2.45) is 34.0 Å². The summed E-state index contributed by atoms with van der Waals surface area (Å²) in [6.07, 6.45) is -0.974. The van der Waals surface area contributed by atoms with Gasteiger partial charge in [-0.1, -0.05) is 43.3 Å². The quantitative estimate of drug-likeness (QED) is 0.0813. The Hall–Kier alpha value is -5.13. The fraction of sp³-hybridized carbons (Fsp3) is 0.556. The SMILES string of the molecule is C=C1C(=O)[C@@]23C(=O)OC[C@]4([C@@H](OC(C)=O)CCC(C)(C)[C@H]4C=O)[C@@H]2CC[C@@H]1[C@H]3OC(=O)CCC(=O)OCCOc1[nH]o[n+](=O)c1S(=O)(=O)c1ccccc1. The number of aromatic amines is 1. The van der Waals surface area contributed by atoms with E-state index in [4.69, 9.17) is 23.7 Å². The Morgan fingerprint density at radius 3 is 2.43 bits per heavy atom. The van der Waals surface area contributed by atoms with Crippen LogP contribution in [0.25, 0.3) is 0 Å². The van der Waals surface area contributed by atoms with E-state index in [0.717, 1.165) is 6.29 Å². The molecule has 1 aromatic heterocycles. The highest BCUT2D eigenvalue weighted by atomic mass is 32.2. The number of cyclic esters (lactones) is 1. The zero-order chi connectivity index (χ0) is 39.2. The molecule has 0 radical (unpaired) electrons. The van der Waals surface area contributed by atoms with Crippen LogP contribution in [0.5, 0.6) is 5.88 Å². The summed E-state index contributed by atoms with van der Waals surface area (Å²) in [5.74, 6) is -6.87. The molecule has 3 saturated carbocycles. The van der Waals surface area contributed by atoms with E-state index in [1.807, 2.05) is 13.8 Å². The number of H-pyrrole nitrogens is 1. The summed E-state index contributed by atoms with van der Waals surface area (Å²) in [4.78, 5) is 91.1. The number of hydrogen-bond donors (Lipinski definition) is 1. The number of nitrogens with one attached hydrogen (secondary N) is 1. The minimum atomic E-state index is -4.34. The maximum Gasteiger partial charge on any atom is 0.404 e. The largest absolute Gasteiger partial charge is 0.464 e. The lowest BCUT2D eigenvalue weighted by atomic mass is 9.43. The second-order valence-corrected chi connectivity index (χ2v) is 16.6. The number of carbonyl (C=O) groups excluding carboxylic acids is 6. The molecular formula is C36H41N2O15S+. The van der Waals surface area contributed by atoms with Gasteiger partial charge in [-0.15, -0.1) is 0 Å². The molecule has 4 aliphatic rings. The predicted octanol–water partition coefficient (Wildman–Crippen LogP) is 2.23. The fourth-order valence-corrected chi connectivity index (χ4v) is 10.5. The minimum Gasteiger partial charge on any atom is -0.464 e. The van der Waals surface area contributed by atoms with Crippen molar-refractivity contribution in [3.63, 3.8) is 0 Å². The lowest BCUT2D eigenvalue weighted by Gasteiger charge is -2.62. The summed E-state index contributed by atoms with van der Waals surface area (Å²) in [5, 5.41) is 1.23. The van der Waals surface area contributed by atoms with Crippen molar-refractivity contribution in [2.45, 2.75) is 81.4 Å². The predicted molar refractivity (Wildman–Crippen MR) is 178 cm³/mol. The molecule has 2 spiro atoms. The van der Waals surface area contributed by atoms with Crippen LogP contribution in [0.3, 0.4) is 0 Å². The number of nitrogens with zero attached hydrogens (tertiary/aromatic N) is 1. The van der Waals surface area contributed by atoms with E-state index in [0.29, 0.717) is 19.3 Å². The molecule has 1 N–H and O–H groups in total. The number of aldehydes is 1. The molecule has 2 bridgehead atoms. The van der Waals surface area contributed by atoms with E-state index < -0.39 is 123 Å². The number of fused-ring (bicyclic) bond motifs is 2. The van der Waals surface area contributed by atoms with Gasteiger partial charge >= 0.3 is 34.8 Å². The van der Waals surface area contributed by atoms with E-state index >= 15 is 0 Å². The van der Waals surface area contributed by atoms with Crippen LogP contribution < -0.4 is 9.34 Å². The zero-order valence-electron chi connectivity index (χ0n) is 29.9. The Balaban J connectivity index is 1.13. The van der Waals surface area contributed by atoms with E-state index in [1.165, 1.54) is 31.2 Å². The molecule has 54 heavy (non-hydrogen) atoms. The first kappa shape index (κ1) is 38.6. The van der Waals surface area contributed by atoms with Crippen molar-refractivity contribution in [1.82, 2.24) is 5.16 Å². The van der Waals surface area contributed by atoms with Crippen molar-refractivity contribution >= 4 is 45.8 Å². The van der Waals surface area contributed by atoms with Crippen LogP contribution in [0.4, 0.5) is 0 Å². The van der Waals surface area contributed by atoms with Crippen LogP contribution >= 0.6 is 0 Å². The number of Topliss-reactive ketones (excluding diaryl/α,β-unsaturated/α-hetero) is 1. The van der Waals surface area contributed by atoms with Gasteiger partial charge in [-0.05, 0) is 64.8 Å².